The normalized spacial score (nSPS) is 10.8. The van der Waals surface area contributed by atoms with E-state index in [2.05, 4.69) is 15.7 Å². The maximum absolute atomic E-state index is 12.4. The number of hydrogen-bond acceptors (Lipinski definition) is 5. The van der Waals surface area contributed by atoms with Gasteiger partial charge in [0.1, 0.15) is 11.5 Å². The summed E-state index contributed by atoms with van der Waals surface area (Å²) >= 11 is 0. The van der Waals surface area contributed by atoms with Crippen LogP contribution in [0.2, 0.25) is 0 Å². The van der Waals surface area contributed by atoms with Gasteiger partial charge < -0.3 is 19.8 Å². The molecule has 0 fully saturated rings. The summed E-state index contributed by atoms with van der Waals surface area (Å²) in [6.45, 7) is 0.229. The van der Waals surface area contributed by atoms with Crippen LogP contribution >= 0.6 is 0 Å². The number of carbonyl (C=O) groups is 2. The molecule has 0 aliphatic heterocycles. The highest BCUT2D eigenvalue weighted by Crippen LogP contribution is 2.15. The molecule has 8 nitrogen and oxygen atoms in total. The molecule has 0 radical (unpaired) electrons. The first-order valence-electron chi connectivity index (χ1n) is 8.52. The highest BCUT2D eigenvalue weighted by Gasteiger charge is 2.17. The Morgan fingerprint density at radius 2 is 2.04 bits per heavy atom. The third kappa shape index (κ3) is 4.88. The number of nitrogens with one attached hydrogen (secondary N) is 2. The lowest BCUT2D eigenvalue weighted by atomic mass is 10.2. The van der Waals surface area contributed by atoms with Crippen molar-refractivity contribution < 1.29 is 18.7 Å². The van der Waals surface area contributed by atoms with E-state index in [9.17, 15) is 9.59 Å². The van der Waals surface area contributed by atoms with Crippen molar-refractivity contribution >= 4 is 23.6 Å². The molecule has 0 spiro atoms. The van der Waals surface area contributed by atoms with E-state index in [0.29, 0.717) is 11.4 Å². The summed E-state index contributed by atoms with van der Waals surface area (Å²) in [5.74, 6) is 0.579. The summed E-state index contributed by atoms with van der Waals surface area (Å²) in [6, 6.07) is 10.8. The van der Waals surface area contributed by atoms with Crippen LogP contribution in [-0.4, -0.2) is 28.7 Å². The number of rotatable bonds is 7. The van der Waals surface area contributed by atoms with Crippen LogP contribution in [0.4, 0.5) is 5.69 Å². The first-order valence-corrected chi connectivity index (χ1v) is 8.52. The molecule has 2 N–H and O–H groups in total. The quantitative estimate of drug-likeness (QED) is 0.614. The smallest absolute Gasteiger partial charge is 0.274 e. The number of amides is 2. The Bertz CT molecular complexity index is 972. The third-order valence-corrected chi connectivity index (χ3v) is 3.85. The number of hydrogen-bond donors (Lipinski definition) is 2. The largest absolute Gasteiger partial charge is 0.497 e. The van der Waals surface area contributed by atoms with Crippen LogP contribution < -0.4 is 15.4 Å². The van der Waals surface area contributed by atoms with E-state index in [-0.39, 0.29) is 18.1 Å². The Balaban J connectivity index is 1.63. The van der Waals surface area contributed by atoms with E-state index in [0.717, 1.165) is 11.3 Å². The average Bonchev–Trinajstić information content (AvgIpc) is 3.34. The Labute approximate surface area is 161 Å². The molecule has 0 saturated heterocycles. The van der Waals surface area contributed by atoms with Gasteiger partial charge in [-0.2, -0.15) is 5.10 Å². The van der Waals surface area contributed by atoms with Crippen molar-refractivity contribution in [3.63, 3.8) is 0 Å². The van der Waals surface area contributed by atoms with Crippen molar-refractivity contribution in [1.82, 2.24) is 15.1 Å². The number of furan rings is 1. The van der Waals surface area contributed by atoms with Crippen LogP contribution in [0.3, 0.4) is 0 Å². The molecule has 0 saturated carbocycles. The van der Waals surface area contributed by atoms with E-state index in [1.807, 2.05) is 12.1 Å². The topological polar surface area (TPSA) is 98.4 Å². The molecule has 0 aliphatic carbocycles. The van der Waals surface area contributed by atoms with Gasteiger partial charge in [-0.05, 0) is 35.9 Å². The third-order valence-electron chi connectivity index (χ3n) is 3.85. The number of aryl methyl sites for hydroxylation is 1. The average molecular weight is 380 g/mol. The summed E-state index contributed by atoms with van der Waals surface area (Å²) in [5, 5.41) is 9.51. The van der Waals surface area contributed by atoms with Gasteiger partial charge in [0.2, 0.25) is 5.91 Å². The molecule has 3 rings (SSSR count). The second kappa shape index (κ2) is 8.72. The number of aromatic nitrogens is 2. The molecule has 1 aromatic carbocycles. The van der Waals surface area contributed by atoms with Crippen molar-refractivity contribution in [2.45, 2.75) is 6.54 Å². The number of anilines is 1. The van der Waals surface area contributed by atoms with Gasteiger partial charge in [0.15, 0.2) is 5.69 Å². The second-order valence-electron chi connectivity index (χ2n) is 5.92. The minimum Gasteiger partial charge on any atom is -0.497 e. The predicted octanol–water partition coefficient (Wildman–Crippen LogP) is 2.60. The summed E-state index contributed by atoms with van der Waals surface area (Å²) in [5.41, 5.74) is 1.29. The number of methoxy groups -OCH3 is 1. The number of carbonyl (C=O) groups excluding carboxylic acids is 2. The van der Waals surface area contributed by atoms with Gasteiger partial charge in [-0.25, -0.2) is 0 Å². The van der Waals surface area contributed by atoms with Crippen molar-refractivity contribution in [3.05, 3.63) is 72.0 Å². The molecule has 2 amide bonds. The van der Waals surface area contributed by atoms with Crippen molar-refractivity contribution in [1.29, 1.82) is 0 Å². The monoisotopic (exact) mass is 380 g/mol. The molecule has 0 bridgehead atoms. The zero-order valence-corrected chi connectivity index (χ0v) is 15.5. The van der Waals surface area contributed by atoms with Crippen molar-refractivity contribution in [2.24, 2.45) is 7.05 Å². The first-order chi connectivity index (χ1) is 13.5. The molecule has 8 heteroatoms. The lowest BCUT2D eigenvalue weighted by molar-refractivity contribution is -0.111. The zero-order valence-electron chi connectivity index (χ0n) is 15.5. The SMILES string of the molecule is COc1ccc(/C=C/C(=O)Nc2cn(C)nc2C(=O)NCc2ccco2)cc1. The fourth-order valence-electron chi connectivity index (χ4n) is 2.47. The minimum atomic E-state index is -0.411. The fourth-order valence-corrected chi connectivity index (χ4v) is 2.47. The Morgan fingerprint density at radius 3 is 2.71 bits per heavy atom. The first kappa shape index (κ1) is 19.0. The molecule has 2 aromatic heterocycles. The minimum absolute atomic E-state index is 0.125. The summed E-state index contributed by atoms with van der Waals surface area (Å²) in [7, 11) is 3.26. The van der Waals surface area contributed by atoms with Gasteiger partial charge in [-0.15, -0.1) is 0 Å². The van der Waals surface area contributed by atoms with Gasteiger partial charge in [0.05, 0.1) is 25.6 Å². The van der Waals surface area contributed by atoms with Gasteiger partial charge >= 0.3 is 0 Å². The van der Waals surface area contributed by atoms with Crippen LogP contribution in [-0.2, 0) is 18.4 Å². The van der Waals surface area contributed by atoms with Crippen LogP contribution in [0, 0.1) is 0 Å². The van der Waals surface area contributed by atoms with Crippen LogP contribution in [0.25, 0.3) is 6.08 Å². The van der Waals surface area contributed by atoms with Crippen molar-refractivity contribution in [3.8, 4) is 5.75 Å². The van der Waals surface area contributed by atoms with Gasteiger partial charge in [0, 0.05) is 19.3 Å². The molecule has 0 unspecified atom stereocenters. The van der Waals surface area contributed by atoms with Gasteiger partial charge in [-0.3, -0.25) is 14.3 Å². The maximum Gasteiger partial charge on any atom is 0.274 e. The Morgan fingerprint density at radius 1 is 1.25 bits per heavy atom. The van der Waals surface area contributed by atoms with E-state index in [1.54, 1.807) is 50.7 Å². The highest BCUT2D eigenvalue weighted by atomic mass is 16.5. The van der Waals surface area contributed by atoms with Crippen LogP contribution in [0.5, 0.6) is 5.75 Å². The summed E-state index contributed by atoms with van der Waals surface area (Å²) in [6.07, 6.45) is 6.16. The molecule has 3 aromatic rings. The van der Waals surface area contributed by atoms with E-state index >= 15 is 0 Å². The fraction of sp³-hybridized carbons (Fsp3) is 0.150. The molecule has 0 aliphatic rings. The molecule has 0 atom stereocenters. The van der Waals surface area contributed by atoms with Gasteiger partial charge in [-0.1, -0.05) is 12.1 Å². The zero-order chi connectivity index (χ0) is 19.9. The molecule has 28 heavy (non-hydrogen) atoms. The maximum atomic E-state index is 12.4. The van der Waals surface area contributed by atoms with Gasteiger partial charge in [0.25, 0.3) is 5.91 Å². The lowest BCUT2D eigenvalue weighted by Crippen LogP contribution is -2.24. The second-order valence-corrected chi connectivity index (χ2v) is 5.92. The van der Waals surface area contributed by atoms with E-state index < -0.39 is 5.91 Å². The van der Waals surface area contributed by atoms with Crippen LogP contribution in [0.1, 0.15) is 21.8 Å². The predicted molar refractivity (Wildman–Crippen MR) is 104 cm³/mol. The van der Waals surface area contributed by atoms with Crippen LogP contribution in [0.15, 0.2) is 59.4 Å². The molecule has 144 valence electrons. The molecular formula is C20H20N4O4. The van der Waals surface area contributed by atoms with E-state index in [1.165, 1.54) is 17.0 Å². The standard InChI is InChI=1S/C20H20N4O4/c1-24-13-17(19(23-24)20(26)21-12-16-4-3-11-28-16)22-18(25)10-7-14-5-8-15(27-2)9-6-14/h3-11,13H,12H2,1-2H3,(H,21,26)(H,22,25)/b10-7+. The number of benzene rings is 1. The molecular weight excluding hydrogens is 360 g/mol. The number of ether oxygens (including phenoxy) is 1. The summed E-state index contributed by atoms with van der Waals surface area (Å²) < 4.78 is 11.7. The highest BCUT2D eigenvalue weighted by molar-refractivity contribution is 6.06. The van der Waals surface area contributed by atoms with Crippen molar-refractivity contribution in [2.75, 3.05) is 12.4 Å². The Hall–Kier alpha value is -3.81. The number of nitrogens with zero attached hydrogens (tertiary/aromatic N) is 2. The lowest BCUT2D eigenvalue weighted by Gasteiger charge is -2.04. The Kier molecular flexibility index (Phi) is 5.91. The summed E-state index contributed by atoms with van der Waals surface area (Å²) in [4.78, 5) is 24.6. The van der Waals surface area contributed by atoms with E-state index in [4.69, 9.17) is 9.15 Å². The molecule has 2 heterocycles.